The van der Waals surface area contributed by atoms with Crippen molar-refractivity contribution in [2.24, 2.45) is 14.1 Å². The molecule has 0 radical (unpaired) electrons. The number of para-hydroxylation sites is 1. The van der Waals surface area contributed by atoms with Crippen molar-refractivity contribution in [2.45, 2.75) is 154 Å². The number of aromatic carboxylic acids is 1. The molecule has 9 amide bonds. The summed E-state index contributed by atoms with van der Waals surface area (Å²) in [6.07, 6.45) is 12.3. The number of hydrogen-bond acceptors (Lipinski definition) is 24. The minimum absolute atomic E-state index is 0.0265. The number of anilines is 7. The van der Waals surface area contributed by atoms with E-state index in [1.165, 1.54) is 78.3 Å². The van der Waals surface area contributed by atoms with Gasteiger partial charge in [-0.3, -0.25) is 44.2 Å². The molecule has 6 N–H and O–H groups in total. The van der Waals surface area contributed by atoms with Crippen LogP contribution in [0.2, 0.25) is 0 Å². The summed E-state index contributed by atoms with van der Waals surface area (Å²) >= 11 is 2.44. The lowest BCUT2D eigenvalue weighted by Crippen LogP contribution is -2.57. The van der Waals surface area contributed by atoms with E-state index in [0.717, 1.165) is 56.1 Å². The molecule has 0 saturated carbocycles. The van der Waals surface area contributed by atoms with Gasteiger partial charge in [-0.15, -0.1) is 0 Å². The topological polar surface area (TPSA) is 399 Å². The molecule has 36 heteroatoms. The molecule has 122 heavy (non-hydrogen) atoms. The molecule has 0 aliphatic carbocycles. The lowest BCUT2D eigenvalue weighted by molar-refractivity contribution is -0.199. The van der Waals surface area contributed by atoms with E-state index < -0.39 is 67.1 Å². The third-order valence-corrected chi connectivity index (χ3v) is 23.2. The van der Waals surface area contributed by atoms with Gasteiger partial charge in [0.15, 0.2) is 46.9 Å². The number of carboxylic acid groups (broad SMARTS) is 1. The maximum atomic E-state index is 14.2. The summed E-state index contributed by atoms with van der Waals surface area (Å²) in [5, 5.41) is 23.6. The molecule has 9 aromatic rings. The molecule has 6 atom stereocenters. The van der Waals surface area contributed by atoms with Gasteiger partial charge in [-0.2, -0.15) is 0 Å². The van der Waals surface area contributed by atoms with Crippen molar-refractivity contribution in [3.63, 3.8) is 0 Å². The fourth-order valence-electron chi connectivity index (χ4n) is 15.4. The highest BCUT2D eigenvalue weighted by molar-refractivity contribution is 7.22. The van der Waals surface area contributed by atoms with E-state index >= 15 is 0 Å². The van der Waals surface area contributed by atoms with Crippen LogP contribution in [-0.4, -0.2) is 193 Å². The van der Waals surface area contributed by atoms with Gasteiger partial charge in [-0.1, -0.05) is 66.2 Å². The van der Waals surface area contributed by atoms with Gasteiger partial charge in [0.05, 0.1) is 73.8 Å². The first kappa shape index (κ1) is 85.9. The largest absolute Gasteiger partial charge is 0.493 e. The van der Waals surface area contributed by atoms with Crippen molar-refractivity contribution in [2.75, 3.05) is 89.1 Å². The highest BCUT2D eigenvalue weighted by atomic mass is 32.1. The van der Waals surface area contributed by atoms with E-state index in [4.69, 9.17) is 37.9 Å². The highest BCUT2D eigenvalue weighted by Crippen LogP contribution is 2.43. The molecule has 5 aromatic carbocycles. The number of piperidine rings is 2. The van der Waals surface area contributed by atoms with Crippen molar-refractivity contribution in [1.82, 2.24) is 38.9 Å². The molecule has 6 aliphatic rings. The monoisotopic (exact) mass is 1710 g/mol. The fourth-order valence-corrected chi connectivity index (χ4v) is 17.1. The summed E-state index contributed by atoms with van der Waals surface area (Å²) in [7, 11) is 3.25. The first-order chi connectivity index (χ1) is 59.1. The Hall–Kier alpha value is -12.5. The van der Waals surface area contributed by atoms with Gasteiger partial charge in [0, 0.05) is 89.0 Å². The molecular formula is C86H95N15O19S2. The molecule has 0 spiro atoms. The first-order valence-electron chi connectivity index (χ1n) is 40.6. The van der Waals surface area contributed by atoms with E-state index in [2.05, 4.69) is 59.7 Å². The number of fused-ring (bicyclic) bond motifs is 6. The van der Waals surface area contributed by atoms with Crippen LogP contribution in [0.3, 0.4) is 0 Å². The summed E-state index contributed by atoms with van der Waals surface area (Å²) in [6, 6.07) is 24.7. The Kier molecular flexibility index (Phi) is 27.7. The van der Waals surface area contributed by atoms with Crippen LogP contribution >= 0.6 is 22.7 Å². The molecule has 10 heterocycles. The quantitative estimate of drug-likeness (QED) is 0.0206. The van der Waals surface area contributed by atoms with Crippen LogP contribution in [0.25, 0.3) is 20.4 Å². The molecule has 0 bridgehead atoms. The number of imidazole rings is 2. The molecule has 4 aromatic heterocycles. The minimum atomic E-state index is -1.08. The van der Waals surface area contributed by atoms with Crippen LogP contribution in [-0.2, 0) is 52.1 Å². The number of aromatic nitrogens is 6. The van der Waals surface area contributed by atoms with Crippen LogP contribution in [0.1, 0.15) is 177 Å². The van der Waals surface area contributed by atoms with Crippen molar-refractivity contribution in [3.05, 3.63) is 174 Å². The maximum Gasteiger partial charge on any atom is 0.416 e. The maximum absolute atomic E-state index is 14.2. The SMILES string of the molecule is C=CCOC(=O)N1c2cc(OCCCC(=O)Nc3cn(C)c(C(=O)Nc4nc5cc(C(=O)Nc6ccccc6)ccc5s4)n3)c(C)cc2C(=O)N2CCCC[C@H]2C1OC1CCCCO1.C=CCOC(=O)N1c2cc(OCCCC(=O)Nc3cn(C)c(C(=O)Nc4nc5cc(C(=O)O)ccc5s4)n3)c(C)cc2C(=O)N2CCCC[C@H]2C1OC1CCCCO1. The average Bonchev–Trinajstić information content (AvgIpc) is 1.60. The minimum Gasteiger partial charge on any atom is -0.493 e. The standard InChI is InChI=1S/C46H50N8O9S.C40H45N7O10S/c1-4-21-62-46(59)54-34-26-35(28(2)24-31(34)43(58)53-20-10-8-15-33(53)44(54)63-39-17-9-11-22-61-39)60-23-12-16-38(55)49-37-27-52(3)40(50-37)42(57)51-45-48-32-25-29(18-19-36(32)64-45)41(56)47-30-13-6-5-7-14-30;1-4-16-56-40(53)47-28-21-29(23(2)19-25(28)36(50)46-15-7-5-10-27(46)37(47)57-33-12-6-8-17-55-33)54-18-9-11-32(48)42-31-22-45(3)34(43-31)35(49)44-39-41-26-20-24(38(51)52)13-14-30(26)58-39/h4-7,13-14,18-19,24-27,33,39,44H,1,8-12,15-17,20-23H2,2-3H3,(H,47,56)(H,49,55)(H,48,51,57);4,13-14,19-22,27,33,37H,1,5-12,15-18H2,2-3H3,(H,42,48)(H,51,52)(H,41,44,49)/t33-,39?,44?;27-,33?,37?/m00/s1. The molecular weight excluding hydrogens is 1610 g/mol. The van der Waals surface area contributed by atoms with E-state index in [9.17, 15) is 53.1 Å². The zero-order valence-corrected chi connectivity index (χ0v) is 69.5. The van der Waals surface area contributed by atoms with Gasteiger partial charge in [-0.25, -0.2) is 44.1 Å². The Morgan fingerprint density at radius 2 is 0.984 bits per heavy atom. The summed E-state index contributed by atoms with van der Waals surface area (Å²) in [6.45, 7) is 13.4. The fraction of sp³-hybridized carbons (Fsp3) is 0.395. The Balaban J connectivity index is 0.000000200. The third kappa shape index (κ3) is 20.2. The highest BCUT2D eigenvalue weighted by Gasteiger charge is 2.49. The molecule has 6 aliphatic heterocycles. The lowest BCUT2D eigenvalue weighted by atomic mass is 10.00. The number of ether oxygens (including phenoxy) is 8. The predicted molar refractivity (Wildman–Crippen MR) is 454 cm³/mol. The van der Waals surface area contributed by atoms with E-state index in [0.29, 0.717) is 142 Å². The van der Waals surface area contributed by atoms with Crippen molar-refractivity contribution >= 4 is 142 Å². The van der Waals surface area contributed by atoms with Crippen LogP contribution in [0.5, 0.6) is 11.5 Å². The average molecular weight is 1710 g/mol. The summed E-state index contributed by atoms with van der Waals surface area (Å²) < 4.78 is 53.0. The van der Waals surface area contributed by atoms with Gasteiger partial charge >= 0.3 is 18.2 Å². The molecule has 640 valence electrons. The Morgan fingerprint density at radius 1 is 0.533 bits per heavy atom. The second kappa shape index (κ2) is 39.4. The van der Waals surface area contributed by atoms with Crippen LogP contribution < -0.4 is 45.9 Å². The predicted octanol–water partition coefficient (Wildman–Crippen LogP) is 13.7. The third-order valence-electron chi connectivity index (χ3n) is 21.3. The van der Waals surface area contributed by atoms with Crippen molar-refractivity contribution in [1.29, 1.82) is 0 Å². The number of benzene rings is 5. The summed E-state index contributed by atoms with van der Waals surface area (Å²) in [5.74, 6) is -2.23. The van der Waals surface area contributed by atoms with Crippen LogP contribution in [0.15, 0.2) is 129 Å². The number of aryl methyl sites for hydroxylation is 4. The number of carbonyl (C=O) groups is 10. The van der Waals surface area contributed by atoms with Gasteiger partial charge < -0.3 is 77.9 Å². The second-order valence-corrected chi connectivity index (χ2v) is 32.1. The van der Waals surface area contributed by atoms with E-state index in [-0.39, 0.29) is 103 Å². The number of amides is 9. The number of carboxylic acids is 1. The molecule has 4 unspecified atom stereocenters. The Morgan fingerprint density at radius 3 is 1.43 bits per heavy atom. The van der Waals surface area contributed by atoms with Gasteiger partial charge in [0.25, 0.3) is 29.5 Å². The van der Waals surface area contributed by atoms with Crippen LogP contribution in [0.4, 0.5) is 48.6 Å². The molecule has 4 saturated heterocycles. The first-order valence-corrected chi connectivity index (χ1v) is 42.2. The summed E-state index contributed by atoms with van der Waals surface area (Å²) in [5.41, 5.74) is 4.81. The number of nitrogens with one attached hydrogen (secondary N) is 5. The number of nitrogens with zero attached hydrogens (tertiary/aromatic N) is 10. The number of rotatable bonds is 27. The van der Waals surface area contributed by atoms with Gasteiger partial charge in [-0.05, 0) is 176 Å². The molecule has 4 fully saturated rings. The molecule has 34 nitrogen and oxygen atoms in total. The Labute approximate surface area is 709 Å². The number of carbonyl (C=O) groups excluding carboxylic acids is 9. The van der Waals surface area contributed by atoms with E-state index in [1.54, 1.807) is 84.6 Å². The summed E-state index contributed by atoms with van der Waals surface area (Å²) in [4.78, 5) is 156. The van der Waals surface area contributed by atoms with Crippen molar-refractivity contribution in [3.8, 4) is 11.5 Å². The lowest BCUT2D eigenvalue weighted by Gasteiger charge is -2.42. The zero-order chi connectivity index (χ0) is 85.7. The number of thiazole rings is 2. The zero-order valence-electron chi connectivity index (χ0n) is 67.9. The second-order valence-electron chi connectivity index (χ2n) is 30.1. The normalized spacial score (nSPS) is 18.7. The van der Waals surface area contributed by atoms with Gasteiger partial charge in [0.2, 0.25) is 23.5 Å². The molecule has 15 rings (SSSR count). The Bertz CT molecular complexity index is 5440. The van der Waals surface area contributed by atoms with Crippen molar-refractivity contribution < 1.29 is 90.9 Å². The van der Waals surface area contributed by atoms with Gasteiger partial charge in [0.1, 0.15) is 24.7 Å². The van der Waals surface area contributed by atoms with E-state index in [1.807, 2.05) is 32.0 Å². The smallest absolute Gasteiger partial charge is 0.416 e. The number of hydrogen-bond donors (Lipinski definition) is 6. The van der Waals surface area contributed by atoms with Crippen LogP contribution in [0, 0.1) is 13.8 Å².